The summed E-state index contributed by atoms with van der Waals surface area (Å²) in [6, 6.07) is 15.0. The maximum absolute atomic E-state index is 4.50. The molecule has 0 fully saturated rings. The molecule has 2 aromatic carbocycles. The summed E-state index contributed by atoms with van der Waals surface area (Å²) < 4.78 is 0. The zero-order chi connectivity index (χ0) is 11.2. The molecule has 0 unspecified atom stereocenters. The van der Waals surface area contributed by atoms with Crippen LogP contribution in [0.2, 0.25) is 0 Å². The average Bonchev–Trinajstić information content (AvgIpc) is 2.73. The smallest absolute Gasteiger partial charge is 0.100 e. The highest BCUT2D eigenvalue weighted by Gasteiger charge is 2.17. The van der Waals surface area contributed by atoms with E-state index < -0.39 is 0 Å². The van der Waals surface area contributed by atoms with Gasteiger partial charge in [-0.05, 0) is 30.0 Å². The molecule has 0 saturated heterocycles. The number of nitrogens with one attached hydrogen (secondary N) is 1. The van der Waals surface area contributed by atoms with Crippen LogP contribution in [-0.4, -0.2) is 10.2 Å². The molecule has 2 heteroatoms. The average molecular weight is 220 g/mol. The van der Waals surface area contributed by atoms with E-state index in [1.54, 1.807) is 0 Å². The Morgan fingerprint density at radius 2 is 1.71 bits per heavy atom. The second-order valence-corrected chi connectivity index (χ2v) is 4.57. The topological polar surface area (TPSA) is 28.7 Å². The van der Waals surface area contributed by atoms with E-state index in [9.17, 15) is 0 Å². The van der Waals surface area contributed by atoms with E-state index in [1.807, 2.05) is 0 Å². The molecular formula is C15H12N2. The number of rotatable bonds is 0. The fraction of sp³-hybridized carbons (Fsp3) is 0.133. The van der Waals surface area contributed by atoms with Crippen LogP contribution in [0.5, 0.6) is 0 Å². The first-order valence-corrected chi connectivity index (χ1v) is 5.98. The Morgan fingerprint density at radius 1 is 0.882 bits per heavy atom. The van der Waals surface area contributed by atoms with Crippen molar-refractivity contribution in [3.63, 3.8) is 0 Å². The fourth-order valence-electron chi connectivity index (χ4n) is 2.79. The molecule has 0 saturated carbocycles. The van der Waals surface area contributed by atoms with E-state index in [-0.39, 0.29) is 0 Å². The predicted molar refractivity (Wildman–Crippen MR) is 68.9 cm³/mol. The van der Waals surface area contributed by atoms with Crippen molar-refractivity contribution in [3.05, 3.63) is 53.6 Å². The summed E-state index contributed by atoms with van der Waals surface area (Å²) in [7, 11) is 0. The van der Waals surface area contributed by atoms with Crippen LogP contribution in [0.15, 0.2) is 42.5 Å². The van der Waals surface area contributed by atoms with Gasteiger partial charge in [0.2, 0.25) is 0 Å². The molecule has 0 bridgehead atoms. The van der Waals surface area contributed by atoms with Gasteiger partial charge in [0.1, 0.15) is 5.69 Å². The van der Waals surface area contributed by atoms with Gasteiger partial charge in [0.25, 0.3) is 0 Å². The summed E-state index contributed by atoms with van der Waals surface area (Å²) in [5.74, 6) is 0. The number of benzene rings is 2. The van der Waals surface area contributed by atoms with Crippen molar-refractivity contribution in [1.29, 1.82) is 0 Å². The Hall–Kier alpha value is -2.09. The molecule has 1 aliphatic carbocycles. The summed E-state index contributed by atoms with van der Waals surface area (Å²) in [4.78, 5) is 0. The van der Waals surface area contributed by atoms with Crippen molar-refractivity contribution in [2.24, 2.45) is 0 Å². The highest BCUT2D eigenvalue weighted by atomic mass is 15.1. The lowest BCUT2D eigenvalue weighted by Crippen LogP contribution is -1.90. The lowest BCUT2D eigenvalue weighted by Gasteiger charge is -2.02. The minimum atomic E-state index is 1.10. The van der Waals surface area contributed by atoms with E-state index in [0.29, 0.717) is 0 Å². The summed E-state index contributed by atoms with van der Waals surface area (Å²) >= 11 is 0. The molecule has 3 aromatic rings. The minimum Gasteiger partial charge on any atom is -0.277 e. The highest BCUT2D eigenvalue weighted by Crippen LogP contribution is 2.35. The molecule has 2 nitrogen and oxygen atoms in total. The summed E-state index contributed by atoms with van der Waals surface area (Å²) in [5, 5.41) is 8.94. The van der Waals surface area contributed by atoms with Crippen LogP contribution in [0.1, 0.15) is 11.1 Å². The third-order valence-electron chi connectivity index (χ3n) is 3.61. The Labute approximate surface area is 99.3 Å². The lowest BCUT2D eigenvalue weighted by molar-refractivity contribution is 0.975. The normalized spacial score (nSPS) is 13.4. The Kier molecular flexibility index (Phi) is 1.69. The van der Waals surface area contributed by atoms with Gasteiger partial charge in [0.05, 0.1) is 5.52 Å². The van der Waals surface area contributed by atoms with Gasteiger partial charge in [0, 0.05) is 10.9 Å². The Morgan fingerprint density at radius 3 is 2.71 bits per heavy atom. The highest BCUT2D eigenvalue weighted by molar-refractivity contribution is 5.96. The molecule has 1 heterocycles. The van der Waals surface area contributed by atoms with Crippen LogP contribution in [0.25, 0.3) is 22.2 Å². The third-order valence-corrected chi connectivity index (χ3v) is 3.61. The minimum absolute atomic E-state index is 1.10. The second-order valence-electron chi connectivity index (χ2n) is 4.57. The van der Waals surface area contributed by atoms with Gasteiger partial charge < -0.3 is 0 Å². The van der Waals surface area contributed by atoms with Crippen molar-refractivity contribution >= 4 is 10.9 Å². The molecule has 4 rings (SSSR count). The van der Waals surface area contributed by atoms with Crippen molar-refractivity contribution in [3.8, 4) is 11.3 Å². The quantitative estimate of drug-likeness (QED) is 0.618. The van der Waals surface area contributed by atoms with E-state index >= 15 is 0 Å². The fourth-order valence-corrected chi connectivity index (χ4v) is 2.79. The number of aromatic amines is 1. The number of hydrogen-bond acceptors (Lipinski definition) is 1. The van der Waals surface area contributed by atoms with Gasteiger partial charge in [-0.1, -0.05) is 36.4 Å². The van der Waals surface area contributed by atoms with Gasteiger partial charge in [-0.15, -0.1) is 0 Å². The van der Waals surface area contributed by atoms with Crippen molar-refractivity contribution in [2.45, 2.75) is 12.8 Å². The van der Waals surface area contributed by atoms with Gasteiger partial charge >= 0.3 is 0 Å². The molecule has 0 spiro atoms. The standard InChI is InChI=1S/C15H12N2/c1-2-6-12-10(4-1)8-9-11-5-3-7-13-14(11)15(12)17-16-13/h1-7H,8-9H2,(H,16,17). The summed E-state index contributed by atoms with van der Waals surface area (Å²) in [5.41, 5.74) is 6.35. The van der Waals surface area contributed by atoms with Gasteiger partial charge in [-0.25, -0.2) is 0 Å². The molecule has 82 valence electrons. The number of fused-ring (bicyclic) bond motifs is 2. The maximum Gasteiger partial charge on any atom is 0.100 e. The van der Waals surface area contributed by atoms with E-state index in [1.165, 1.54) is 22.1 Å². The summed E-state index contributed by atoms with van der Waals surface area (Å²) in [6.45, 7) is 0. The van der Waals surface area contributed by atoms with Crippen LogP contribution in [0, 0.1) is 0 Å². The van der Waals surface area contributed by atoms with Crippen molar-refractivity contribution < 1.29 is 0 Å². The molecule has 1 N–H and O–H groups in total. The molecule has 17 heavy (non-hydrogen) atoms. The monoisotopic (exact) mass is 220 g/mol. The Bertz CT molecular complexity index is 710. The molecule has 0 aliphatic heterocycles. The number of nitrogens with zero attached hydrogens (tertiary/aromatic N) is 1. The van der Waals surface area contributed by atoms with Crippen LogP contribution in [0.4, 0.5) is 0 Å². The largest absolute Gasteiger partial charge is 0.277 e. The third kappa shape index (κ3) is 1.18. The molecule has 1 aromatic heterocycles. The maximum atomic E-state index is 4.50. The zero-order valence-corrected chi connectivity index (χ0v) is 9.40. The number of aryl methyl sites for hydroxylation is 2. The zero-order valence-electron chi connectivity index (χ0n) is 9.40. The number of aromatic nitrogens is 2. The molecule has 0 radical (unpaired) electrons. The van der Waals surface area contributed by atoms with Gasteiger partial charge in [-0.2, -0.15) is 5.10 Å². The van der Waals surface area contributed by atoms with Crippen LogP contribution in [0.3, 0.4) is 0 Å². The predicted octanol–water partition coefficient (Wildman–Crippen LogP) is 3.33. The molecule has 0 amide bonds. The van der Waals surface area contributed by atoms with Gasteiger partial charge in [-0.3, -0.25) is 5.10 Å². The molecule has 1 aliphatic rings. The number of H-pyrrole nitrogens is 1. The molecule has 0 atom stereocenters. The van der Waals surface area contributed by atoms with Gasteiger partial charge in [0.15, 0.2) is 0 Å². The first-order valence-electron chi connectivity index (χ1n) is 5.98. The second kappa shape index (κ2) is 3.20. The number of hydrogen-bond donors (Lipinski definition) is 1. The summed E-state index contributed by atoms with van der Waals surface area (Å²) in [6.07, 6.45) is 2.20. The van der Waals surface area contributed by atoms with Crippen molar-refractivity contribution in [1.82, 2.24) is 10.2 Å². The van der Waals surface area contributed by atoms with Crippen molar-refractivity contribution in [2.75, 3.05) is 0 Å². The van der Waals surface area contributed by atoms with Crippen LogP contribution >= 0.6 is 0 Å². The van der Waals surface area contributed by atoms with E-state index in [4.69, 9.17) is 0 Å². The lowest BCUT2D eigenvalue weighted by atomic mass is 10.0. The first kappa shape index (κ1) is 8.99. The van der Waals surface area contributed by atoms with E-state index in [0.717, 1.165) is 24.1 Å². The SMILES string of the molecule is c1ccc2c(c1)CCc1cccc3[nH]nc-2c13. The molecular weight excluding hydrogens is 208 g/mol. The van der Waals surface area contributed by atoms with E-state index in [2.05, 4.69) is 52.7 Å². The van der Waals surface area contributed by atoms with Crippen LogP contribution in [-0.2, 0) is 12.8 Å². The van der Waals surface area contributed by atoms with Crippen LogP contribution < -0.4 is 0 Å². The first-order chi connectivity index (χ1) is 8.43. The Balaban J connectivity index is 2.16.